The van der Waals surface area contributed by atoms with Crippen LogP contribution in [0, 0.1) is 0 Å². The van der Waals surface area contributed by atoms with Crippen molar-refractivity contribution in [2.24, 2.45) is 11.5 Å². The van der Waals surface area contributed by atoms with E-state index in [0.29, 0.717) is 17.7 Å². The maximum Gasteiger partial charge on any atom is 0.253 e. The Kier molecular flexibility index (Phi) is 8.81. The van der Waals surface area contributed by atoms with Crippen LogP contribution in [-0.2, 0) is 9.59 Å². The maximum absolute atomic E-state index is 12.0. The van der Waals surface area contributed by atoms with Crippen LogP contribution in [0.25, 0.3) is 0 Å². The van der Waals surface area contributed by atoms with Crippen LogP contribution in [-0.4, -0.2) is 30.3 Å². The first kappa shape index (κ1) is 19.9. The van der Waals surface area contributed by atoms with Crippen LogP contribution in [0.15, 0.2) is 24.3 Å². The van der Waals surface area contributed by atoms with Gasteiger partial charge in [0.25, 0.3) is 5.91 Å². The van der Waals surface area contributed by atoms with Crippen molar-refractivity contribution in [3.05, 3.63) is 29.8 Å². The quantitative estimate of drug-likeness (QED) is 0.577. The number of carbonyl (C=O) groups is 3. The van der Waals surface area contributed by atoms with Crippen molar-refractivity contribution in [1.29, 1.82) is 0 Å². The molecule has 122 valence electrons. The third-order valence-electron chi connectivity index (χ3n) is 2.86. The Hall–Kier alpha value is -2.12. The molecule has 22 heavy (non-hydrogen) atoms. The van der Waals surface area contributed by atoms with E-state index in [4.69, 9.17) is 11.5 Å². The lowest BCUT2D eigenvalue weighted by atomic mass is 10.1. The van der Waals surface area contributed by atoms with Crippen LogP contribution in [0.3, 0.4) is 0 Å². The Balaban J connectivity index is 0.00000441. The Labute approximate surface area is 135 Å². The molecule has 1 aromatic carbocycles. The lowest BCUT2D eigenvalue weighted by molar-refractivity contribution is -0.118. The van der Waals surface area contributed by atoms with Gasteiger partial charge in [-0.15, -0.1) is 12.4 Å². The summed E-state index contributed by atoms with van der Waals surface area (Å²) in [6.45, 7) is 1.94. The van der Waals surface area contributed by atoms with Gasteiger partial charge in [-0.25, -0.2) is 0 Å². The summed E-state index contributed by atoms with van der Waals surface area (Å²) in [5.74, 6) is -1.24. The highest BCUT2D eigenvalue weighted by Crippen LogP contribution is 2.15. The second-order valence-corrected chi connectivity index (χ2v) is 4.52. The Morgan fingerprint density at radius 3 is 2.45 bits per heavy atom. The Morgan fingerprint density at radius 1 is 1.23 bits per heavy atom. The molecule has 8 heteroatoms. The molecular weight excluding hydrogens is 308 g/mol. The molecule has 0 aromatic heterocycles. The number of primary amides is 1. The zero-order valence-corrected chi connectivity index (χ0v) is 13.1. The van der Waals surface area contributed by atoms with E-state index >= 15 is 0 Å². The van der Waals surface area contributed by atoms with Gasteiger partial charge >= 0.3 is 0 Å². The standard InChI is InChI=1S/C14H20N4O3.ClH/c1-2-10(15)14(21)18-11-6-4-3-5-9(11)13(20)17-8-7-12(16)19;/h3-6,10H,2,7-8,15H2,1H3,(H2,16,19)(H,17,20)(H,18,21);1H/t10-;/m0./s1. The molecule has 0 aliphatic heterocycles. The normalized spacial score (nSPS) is 11.0. The van der Waals surface area contributed by atoms with Gasteiger partial charge in [-0.05, 0) is 18.6 Å². The number of nitrogens with one attached hydrogen (secondary N) is 2. The first-order valence-electron chi connectivity index (χ1n) is 6.67. The van der Waals surface area contributed by atoms with Gasteiger partial charge in [0.2, 0.25) is 11.8 Å². The van der Waals surface area contributed by atoms with E-state index in [1.165, 1.54) is 0 Å². The number of carbonyl (C=O) groups excluding carboxylic acids is 3. The summed E-state index contributed by atoms with van der Waals surface area (Å²) >= 11 is 0. The fraction of sp³-hybridized carbons (Fsp3) is 0.357. The van der Waals surface area contributed by atoms with Gasteiger partial charge in [0.15, 0.2) is 0 Å². The van der Waals surface area contributed by atoms with E-state index in [-0.39, 0.29) is 31.3 Å². The summed E-state index contributed by atoms with van der Waals surface area (Å²) in [7, 11) is 0. The molecule has 1 rings (SSSR count). The van der Waals surface area contributed by atoms with Gasteiger partial charge in [0.1, 0.15) is 0 Å². The van der Waals surface area contributed by atoms with Crippen molar-refractivity contribution in [2.45, 2.75) is 25.8 Å². The first-order chi connectivity index (χ1) is 9.95. The molecule has 0 aliphatic rings. The average Bonchev–Trinajstić information content (AvgIpc) is 2.46. The number of hydrogen-bond donors (Lipinski definition) is 4. The van der Waals surface area contributed by atoms with E-state index in [9.17, 15) is 14.4 Å². The van der Waals surface area contributed by atoms with Crippen LogP contribution in [0.2, 0.25) is 0 Å². The number of rotatable bonds is 7. The average molecular weight is 329 g/mol. The fourth-order valence-corrected chi connectivity index (χ4v) is 1.60. The summed E-state index contributed by atoms with van der Waals surface area (Å²) in [6, 6.07) is 5.94. The highest BCUT2D eigenvalue weighted by molar-refractivity contribution is 6.04. The van der Waals surface area contributed by atoms with Crippen LogP contribution < -0.4 is 22.1 Å². The van der Waals surface area contributed by atoms with Gasteiger partial charge in [-0.1, -0.05) is 19.1 Å². The molecule has 0 aliphatic carbocycles. The molecule has 0 bridgehead atoms. The monoisotopic (exact) mass is 328 g/mol. The van der Waals surface area contributed by atoms with Crippen LogP contribution in [0.1, 0.15) is 30.1 Å². The van der Waals surface area contributed by atoms with Crippen molar-refractivity contribution < 1.29 is 14.4 Å². The smallest absolute Gasteiger partial charge is 0.253 e. The first-order valence-corrected chi connectivity index (χ1v) is 6.67. The van der Waals surface area contributed by atoms with Gasteiger partial charge in [0, 0.05) is 13.0 Å². The molecule has 0 spiro atoms. The summed E-state index contributed by atoms with van der Waals surface area (Å²) in [5, 5.41) is 5.19. The van der Waals surface area contributed by atoms with E-state index in [2.05, 4.69) is 10.6 Å². The van der Waals surface area contributed by atoms with Gasteiger partial charge in [-0.2, -0.15) is 0 Å². The number of benzene rings is 1. The van der Waals surface area contributed by atoms with E-state index in [1.54, 1.807) is 31.2 Å². The summed E-state index contributed by atoms with van der Waals surface area (Å²) < 4.78 is 0. The Morgan fingerprint density at radius 2 is 1.86 bits per heavy atom. The predicted molar refractivity (Wildman–Crippen MR) is 86.7 cm³/mol. The molecule has 0 saturated heterocycles. The number of nitrogens with two attached hydrogens (primary N) is 2. The van der Waals surface area contributed by atoms with Gasteiger partial charge < -0.3 is 22.1 Å². The summed E-state index contributed by atoms with van der Waals surface area (Å²) in [4.78, 5) is 34.5. The molecule has 1 atom stereocenters. The predicted octanol–water partition coefficient (Wildman–Crippen LogP) is 0.389. The van der Waals surface area contributed by atoms with Crippen molar-refractivity contribution in [2.75, 3.05) is 11.9 Å². The van der Waals surface area contributed by atoms with Crippen molar-refractivity contribution >= 4 is 35.8 Å². The molecule has 0 saturated carbocycles. The lowest BCUT2D eigenvalue weighted by Crippen LogP contribution is -2.35. The van der Waals surface area contributed by atoms with Crippen molar-refractivity contribution in [3.63, 3.8) is 0 Å². The number of halogens is 1. The summed E-state index contributed by atoms with van der Waals surface area (Å²) in [5.41, 5.74) is 11.3. The molecular formula is C14H21ClN4O3. The third-order valence-corrected chi connectivity index (χ3v) is 2.86. The second-order valence-electron chi connectivity index (χ2n) is 4.52. The van der Waals surface area contributed by atoms with Crippen molar-refractivity contribution in [3.8, 4) is 0 Å². The molecule has 1 aromatic rings. The molecule has 0 heterocycles. The van der Waals surface area contributed by atoms with Gasteiger partial charge in [0.05, 0.1) is 17.3 Å². The second kappa shape index (κ2) is 9.75. The molecule has 0 radical (unpaired) electrons. The third kappa shape index (κ3) is 6.11. The number of para-hydroxylation sites is 1. The number of hydrogen-bond acceptors (Lipinski definition) is 4. The highest BCUT2D eigenvalue weighted by Gasteiger charge is 2.16. The molecule has 3 amide bonds. The lowest BCUT2D eigenvalue weighted by Gasteiger charge is -2.13. The Bertz CT molecular complexity index is 537. The van der Waals surface area contributed by atoms with Gasteiger partial charge in [-0.3, -0.25) is 14.4 Å². The molecule has 0 fully saturated rings. The summed E-state index contributed by atoms with van der Waals surface area (Å²) in [6.07, 6.45) is 0.555. The maximum atomic E-state index is 12.0. The minimum absolute atomic E-state index is 0. The minimum atomic E-state index is -0.629. The largest absolute Gasteiger partial charge is 0.370 e. The van der Waals surface area contributed by atoms with Crippen LogP contribution in [0.4, 0.5) is 5.69 Å². The zero-order valence-electron chi connectivity index (χ0n) is 12.3. The zero-order chi connectivity index (χ0) is 15.8. The molecule has 0 unspecified atom stereocenters. The van der Waals surface area contributed by atoms with E-state index < -0.39 is 17.9 Å². The SMILES string of the molecule is CC[C@H](N)C(=O)Nc1ccccc1C(=O)NCCC(N)=O.Cl. The molecule has 7 nitrogen and oxygen atoms in total. The number of amides is 3. The van der Waals surface area contributed by atoms with Crippen LogP contribution in [0.5, 0.6) is 0 Å². The number of anilines is 1. The highest BCUT2D eigenvalue weighted by atomic mass is 35.5. The topological polar surface area (TPSA) is 127 Å². The van der Waals surface area contributed by atoms with E-state index in [0.717, 1.165) is 0 Å². The van der Waals surface area contributed by atoms with Crippen molar-refractivity contribution in [1.82, 2.24) is 5.32 Å². The minimum Gasteiger partial charge on any atom is -0.370 e. The molecule has 6 N–H and O–H groups in total. The van der Waals surface area contributed by atoms with Crippen LogP contribution >= 0.6 is 12.4 Å². The fourth-order valence-electron chi connectivity index (χ4n) is 1.60. The van der Waals surface area contributed by atoms with E-state index in [1.807, 2.05) is 0 Å².